The minimum Gasteiger partial charge on any atom is -0.464 e. The summed E-state index contributed by atoms with van der Waals surface area (Å²) in [4.78, 5) is 27.0. The number of ether oxygens (including phenoxy) is 2. The van der Waals surface area contributed by atoms with E-state index < -0.39 is 36.0 Å². The molecule has 284 valence electrons. The van der Waals surface area contributed by atoms with Crippen molar-refractivity contribution in [2.45, 2.75) is 124 Å². The number of nitrogens with zero attached hydrogens (tertiary/aromatic N) is 5. The van der Waals surface area contributed by atoms with Crippen LogP contribution in [-0.2, 0) is 30.0 Å². The highest BCUT2D eigenvalue weighted by atomic mass is 32.1. The Morgan fingerprint density at radius 1 is 1.11 bits per heavy atom. The van der Waals surface area contributed by atoms with E-state index in [1.54, 1.807) is 11.3 Å². The predicted octanol–water partition coefficient (Wildman–Crippen LogP) is 8.04. The van der Waals surface area contributed by atoms with Crippen LogP contribution in [0.25, 0.3) is 16.3 Å². The molecule has 2 saturated heterocycles. The van der Waals surface area contributed by atoms with Gasteiger partial charge in [-0.2, -0.15) is 9.61 Å². The Morgan fingerprint density at radius 2 is 1.79 bits per heavy atom. The van der Waals surface area contributed by atoms with Crippen LogP contribution in [0.1, 0.15) is 116 Å². The SMILES string of the molecule is C=CCCC1(C)CCN(c2c([C@H](OC(C)(C)C)C(=O)OCC)c(C)nc3cc(-c4ncc(Cc5ccccc5B5OC(C)(C)C(C)(C)O5)s4)nn23)CC1. The van der Waals surface area contributed by atoms with Gasteiger partial charge < -0.3 is 23.7 Å². The van der Waals surface area contributed by atoms with Crippen molar-refractivity contribution in [1.82, 2.24) is 19.6 Å². The van der Waals surface area contributed by atoms with E-state index in [2.05, 4.69) is 64.3 Å². The molecule has 0 N–H and O–H groups in total. The maximum atomic E-state index is 13.7. The molecule has 3 aromatic heterocycles. The number of allylic oxidation sites excluding steroid dienone is 1. The molecule has 0 saturated carbocycles. The first-order chi connectivity index (χ1) is 24.9. The highest BCUT2D eigenvalue weighted by Gasteiger charge is 2.52. The number of anilines is 1. The number of aromatic nitrogens is 4. The van der Waals surface area contributed by atoms with Gasteiger partial charge in [0.1, 0.15) is 16.5 Å². The van der Waals surface area contributed by atoms with E-state index in [4.69, 9.17) is 33.8 Å². The molecule has 1 aromatic carbocycles. The van der Waals surface area contributed by atoms with Gasteiger partial charge in [0.15, 0.2) is 11.8 Å². The van der Waals surface area contributed by atoms with E-state index in [0.717, 1.165) is 71.2 Å². The van der Waals surface area contributed by atoms with E-state index in [1.165, 1.54) is 0 Å². The summed E-state index contributed by atoms with van der Waals surface area (Å²) in [6.07, 6.45) is 7.75. The number of carbonyl (C=O) groups is 1. The van der Waals surface area contributed by atoms with Crippen LogP contribution in [-0.4, -0.2) is 69.2 Å². The molecule has 0 radical (unpaired) electrons. The van der Waals surface area contributed by atoms with Gasteiger partial charge in [-0.1, -0.05) is 37.3 Å². The Morgan fingerprint density at radius 3 is 2.43 bits per heavy atom. The molecule has 2 aliphatic rings. The van der Waals surface area contributed by atoms with Crippen LogP contribution in [0, 0.1) is 12.3 Å². The van der Waals surface area contributed by atoms with Crippen LogP contribution < -0.4 is 10.4 Å². The fourth-order valence-electron chi connectivity index (χ4n) is 7.18. The van der Waals surface area contributed by atoms with Crippen molar-refractivity contribution in [2.24, 2.45) is 5.41 Å². The zero-order valence-corrected chi connectivity index (χ0v) is 34.1. The quantitative estimate of drug-likeness (QED) is 0.0812. The largest absolute Gasteiger partial charge is 0.495 e. The van der Waals surface area contributed by atoms with Gasteiger partial charge in [-0.25, -0.2) is 14.8 Å². The van der Waals surface area contributed by atoms with E-state index in [1.807, 2.05) is 63.5 Å². The Kier molecular flexibility index (Phi) is 11.0. The fourth-order valence-corrected chi connectivity index (χ4v) is 8.07. The van der Waals surface area contributed by atoms with Gasteiger partial charge in [-0.3, -0.25) is 0 Å². The van der Waals surface area contributed by atoms with E-state index >= 15 is 0 Å². The Bertz CT molecular complexity index is 1940. The van der Waals surface area contributed by atoms with Crippen molar-refractivity contribution < 1.29 is 23.6 Å². The van der Waals surface area contributed by atoms with Crippen molar-refractivity contribution in [3.05, 3.63) is 70.9 Å². The molecule has 1 atom stereocenters. The molecule has 4 aromatic rings. The molecule has 0 bridgehead atoms. The zero-order chi connectivity index (χ0) is 38.3. The molecule has 53 heavy (non-hydrogen) atoms. The number of carbonyl (C=O) groups excluding carboxylic acids is 1. The summed E-state index contributed by atoms with van der Waals surface area (Å²) in [6.45, 7) is 26.1. The standard InChI is InChI=1S/C41H56BN5O5S/c1-12-14-19-41(11)20-22-46(23-21-41)36-33(34(37(48)49-13-2)50-38(4,5)6)27(3)44-32-25-31(45-47(32)36)35-43-26-29(53-35)24-28-17-15-16-18-30(28)42-51-39(7,8)40(9,10)52-42/h12,15-18,25-26,34H,1,13-14,19-24H2,2-11H3/t34-/m0/s1. The van der Waals surface area contributed by atoms with Gasteiger partial charge in [0, 0.05) is 42.3 Å². The second-order valence-electron chi connectivity index (χ2n) is 16.8. The minimum atomic E-state index is -0.973. The smallest absolute Gasteiger partial charge is 0.464 e. The van der Waals surface area contributed by atoms with Gasteiger partial charge in [-0.15, -0.1) is 17.9 Å². The minimum absolute atomic E-state index is 0.210. The van der Waals surface area contributed by atoms with Gasteiger partial charge >= 0.3 is 13.1 Å². The zero-order valence-electron chi connectivity index (χ0n) is 33.2. The Labute approximate surface area is 319 Å². The first kappa shape index (κ1) is 39.1. The number of hydrogen-bond acceptors (Lipinski definition) is 10. The molecule has 0 unspecified atom stereocenters. The normalized spacial score (nSPS) is 18.8. The molecule has 0 spiro atoms. The lowest BCUT2D eigenvalue weighted by Crippen LogP contribution is -2.41. The summed E-state index contributed by atoms with van der Waals surface area (Å²) in [6, 6.07) is 10.3. The molecule has 0 aliphatic carbocycles. The third-order valence-electron chi connectivity index (χ3n) is 11.0. The number of thiazole rings is 1. The van der Waals surface area contributed by atoms with Gasteiger partial charge in [0.25, 0.3) is 0 Å². The molecular formula is C41H56BN5O5S. The Hall–Kier alpha value is -3.58. The second-order valence-corrected chi connectivity index (χ2v) is 17.9. The topological polar surface area (TPSA) is 100 Å². The van der Waals surface area contributed by atoms with Crippen molar-refractivity contribution in [2.75, 3.05) is 24.6 Å². The number of rotatable bonds is 12. The van der Waals surface area contributed by atoms with Crippen LogP contribution >= 0.6 is 11.3 Å². The third-order valence-corrected chi connectivity index (χ3v) is 12.0. The van der Waals surface area contributed by atoms with E-state index in [-0.39, 0.29) is 12.0 Å². The lowest BCUT2D eigenvalue weighted by Gasteiger charge is -2.41. The van der Waals surface area contributed by atoms with Crippen LogP contribution in [0.5, 0.6) is 0 Å². The lowest BCUT2D eigenvalue weighted by molar-refractivity contribution is -0.166. The number of esters is 1. The summed E-state index contributed by atoms with van der Waals surface area (Å²) >= 11 is 1.61. The maximum Gasteiger partial charge on any atom is 0.495 e. The average molecular weight is 742 g/mol. The third kappa shape index (κ3) is 8.26. The summed E-state index contributed by atoms with van der Waals surface area (Å²) in [5.74, 6) is 0.387. The summed E-state index contributed by atoms with van der Waals surface area (Å²) in [5.41, 5.74) is 3.72. The van der Waals surface area contributed by atoms with Crippen LogP contribution in [0.2, 0.25) is 0 Å². The average Bonchev–Trinajstić information content (AvgIpc) is 3.78. The molecule has 2 fully saturated rings. The molecule has 10 nitrogen and oxygen atoms in total. The second kappa shape index (κ2) is 14.9. The van der Waals surface area contributed by atoms with Crippen LogP contribution in [0.3, 0.4) is 0 Å². The van der Waals surface area contributed by atoms with Crippen molar-refractivity contribution in [1.29, 1.82) is 0 Å². The van der Waals surface area contributed by atoms with Crippen molar-refractivity contribution in [3.63, 3.8) is 0 Å². The summed E-state index contributed by atoms with van der Waals surface area (Å²) < 4.78 is 26.8. The molecule has 6 rings (SSSR count). The van der Waals surface area contributed by atoms with Gasteiger partial charge in [0.05, 0.1) is 29.0 Å². The van der Waals surface area contributed by atoms with Gasteiger partial charge in [-0.05, 0) is 104 Å². The molecule has 5 heterocycles. The summed E-state index contributed by atoms with van der Waals surface area (Å²) in [7, 11) is -0.445. The molecule has 2 aliphatic heterocycles. The number of piperidine rings is 1. The predicted molar refractivity (Wildman–Crippen MR) is 213 cm³/mol. The molecule has 12 heteroatoms. The molecular weight excluding hydrogens is 685 g/mol. The first-order valence-electron chi connectivity index (χ1n) is 18.9. The lowest BCUT2D eigenvalue weighted by atomic mass is 9.75. The Balaban J connectivity index is 1.38. The van der Waals surface area contributed by atoms with Gasteiger partial charge in [0.2, 0.25) is 0 Å². The molecule has 0 amide bonds. The monoisotopic (exact) mass is 741 g/mol. The van der Waals surface area contributed by atoms with Crippen molar-refractivity contribution >= 4 is 41.4 Å². The maximum absolute atomic E-state index is 13.7. The number of benzene rings is 1. The highest BCUT2D eigenvalue weighted by molar-refractivity contribution is 7.15. The van der Waals surface area contributed by atoms with E-state index in [0.29, 0.717) is 23.3 Å². The first-order valence-corrected chi connectivity index (χ1v) is 19.7. The number of fused-ring (bicyclic) bond motifs is 1. The van der Waals surface area contributed by atoms with Crippen molar-refractivity contribution in [3.8, 4) is 10.7 Å². The fraction of sp³-hybridized carbons (Fsp3) is 0.561. The van der Waals surface area contributed by atoms with Crippen LogP contribution in [0.15, 0.2) is 49.2 Å². The van der Waals surface area contributed by atoms with Crippen LogP contribution in [0.4, 0.5) is 5.82 Å². The number of aryl methyl sites for hydroxylation is 1. The highest BCUT2D eigenvalue weighted by Crippen LogP contribution is 2.42. The van der Waals surface area contributed by atoms with E-state index in [9.17, 15) is 4.79 Å². The summed E-state index contributed by atoms with van der Waals surface area (Å²) in [5, 5.41) is 5.96. The number of hydrogen-bond donors (Lipinski definition) is 0.